The van der Waals surface area contributed by atoms with E-state index < -0.39 is 18.5 Å². The Labute approximate surface area is 183 Å². The van der Waals surface area contributed by atoms with Gasteiger partial charge in [-0.2, -0.15) is 5.10 Å². The summed E-state index contributed by atoms with van der Waals surface area (Å²) in [5.41, 5.74) is 2.02. The third-order valence-electron chi connectivity index (χ3n) is 4.84. The molecule has 8 heteroatoms. The van der Waals surface area contributed by atoms with E-state index in [-0.39, 0.29) is 17.4 Å². The first-order valence-corrected chi connectivity index (χ1v) is 10.1. The SMILES string of the molecule is CC(C)n1nccc1NC(=O)COC(=O)c1cc(-c2ccc(F)cc2)nc2ccccc12. The van der Waals surface area contributed by atoms with Crippen molar-refractivity contribution < 1.29 is 18.7 Å². The van der Waals surface area contributed by atoms with Gasteiger partial charge in [-0.25, -0.2) is 18.9 Å². The molecular formula is C24H21FN4O3. The fourth-order valence-electron chi connectivity index (χ4n) is 3.33. The number of pyridine rings is 1. The lowest BCUT2D eigenvalue weighted by atomic mass is 10.0. The third kappa shape index (κ3) is 4.49. The molecule has 4 rings (SSSR count). The lowest BCUT2D eigenvalue weighted by Crippen LogP contribution is -2.23. The summed E-state index contributed by atoms with van der Waals surface area (Å²) < 4.78 is 20.3. The summed E-state index contributed by atoms with van der Waals surface area (Å²) in [5.74, 6) is -0.967. The van der Waals surface area contributed by atoms with Crippen LogP contribution in [0.3, 0.4) is 0 Å². The summed E-state index contributed by atoms with van der Waals surface area (Å²) >= 11 is 0. The average molecular weight is 432 g/mol. The van der Waals surface area contributed by atoms with Gasteiger partial charge in [0, 0.05) is 23.1 Å². The van der Waals surface area contributed by atoms with Gasteiger partial charge in [-0.05, 0) is 50.2 Å². The van der Waals surface area contributed by atoms with Crippen molar-refractivity contribution in [2.75, 3.05) is 11.9 Å². The van der Waals surface area contributed by atoms with Gasteiger partial charge in [0.2, 0.25) is 0 Å². The van der Waals surface area contributed by atoms with Crippen LogP contribution in [0, 0.1) is 5.82 Å². The minimum atomic E-state index is -0.653. The Kier molecular flexibility index (Phi) is 5.93. The number of para-hydroxylation sites is 1. The Balaban J connectivity index is 1.55. The predicted molar refractivity (Wildman–Crippen MR) is 119 cm³/mol. The van der Waals surface area contributed by atoms with Gasteiger partial charge in [0.15, 0.2) is 6.61 Å². The molecule has 0 aliphatic rings. The lowest BCUT2D eigenvalue weighted by molar-refractivity contribution is -0.119. The first-order chi connectivity index (χ1) is 15.4. The van der Waals surface area contributed by atoms with Crippen LogP contribution in [0.15, 0.2) is 66.9 Å². The van der Waals surface area contributed by atoms with Crippen molar-refractivity contribution in [3.8, 4) is 11.3 Å². The molecule has 32 heavy (non-hydrogen) atoms. The number of esters is 1. The van der Waals surface area contributed by atoms with Crippen molar-refractivity contribution in [2.45, 2.75) is 19.9 Å². The zero-order chi connectivity index (χ0) is 22.7. The Bertz CT molecular complexity index is 1280. The number of carbonyl (C=O) groups excluding carboxylic acids is 2. The standard InChI is InChI=1S/C24H21FN4O3/c1-15(2)29-22(11-12-26-29)28-23(30)14-32-24(31)19-13-21(16-7-9-17(25)10-8-16)27-20-6-4-3-5-18(19)20/h3-13,15H,14H2,1-2H3,(H,28,30). The van der Waals surface area contributed by atoms with Crippen LogP contribution in [0.2, 0.25) is 0 Å². The minimum Gasteiger partial charge on any atom is -0.452 e. The first-order valence-electron chi connectivity index (χ1n) is 10.1. The molecule has 0 fully saturated rings. The monoisotopic (exact) mass is 432 g/mol. The summed E-state index contributed by atoms with van der Waals surface area (Å²) in [6, 6.07) is 16.3. The van der Waals surface area contributed by atoms with Gasteiger partial charge in [0.05, 0.1) is 23.0 Å². The van der Waals surface area contributed by atoms with Gasteiger partial charge >= 0.3 is 5.97 Å². The molecule has 0 unspecified atom stereocenters. The van der Waals surface area contributed by atoms with Crippen molar-refractivity contribution >= 4 is 28.6 Å². The number of ether oxygens (including phenoxy) is 1. The van der Waals surface area contributed by atoms with Crippen LogP contribution >= 0.6 is 0 Å². The zero-order valence-electron chi connectivity index (χ0n) is 17.6. The highest BCUT2D eigenvalue weighted by atomic mass is 19.1. The highest BCUT2D eigenvalue weighted by Gasteiger charge is 2.17. The summed E-state index contributed by atoms with van der Waals surface area (Å²) in [5, 5.41) is 7.45. The van der Waals surface area contributed by atoms with Crippen molar-refractivity contribution in [1.82, 2.24) is 14.8 Å². The van der Waals surface area contributed by atoms with Crippen LogP contribution in [-0.4, -0.2) is 33.2 Å². The van der Waals surface area contributed by atoms with Crippen molar-refractivity contribution in [2.24, 2.45) is 0 Å². The quantitative estimate of drug-likeness (QED) is 0.450. The normalized spacial score (nSPS) is 11.0. The summed E-state index contributed by atoms with van der Waals surface area (Å²) in [4.78, 5) is 29.8. The topological polar surface area (TPSA) is 86.1 Å². The molecule has 0 saturated heterocycles. The molecular weight excluding hydrogens is 411 g/mol. The van der Waals surface area contributed by atoms with Crippen molar-refractivity contribution in [1.29, 1.82) is 0 Å². The van der Waals surface area contributed by atoms with Gasteiger partial charge in [0.1, 0.15) is 11.6 Å². The number of fused-ring (bicyclic) bond motifs is 1. The second kappa shape index (κ2) is 8.97. The van der Waals surface area contributed by atoms with Gasteiger partial charge in [-0.15, -0.1) is 0 Å². The number of carbonyl (C=O) groups is 2. The smallest absolute Gasteiger partial charge is 0.339 e. The minimum absolute atomic E-state index is 0.0657. The Hall–Kier alpha value is -4.07. The molecule has 0 atom stereocenters. The first kappa shape index (κ1) is 21.2. The van der Waals surface area contributed by atoms with Crippen LogP contribution in [-0.2, 0) is 9.53 Å². The second-order valence-electron chi connectivity index (χ2n) is 7.46. The van der Waals surface area contributed by atoms with Crippen LogP contribution in [0.5, 0.6) is 0 Å². The number of rotatable bonds is 6. The Morgan fingerprint density at radius 1 is 1.09 bits per heavy atom. The molecule has 2 aromatic heterocycles. The number of aromatic nitrogens is 3. The number of nitrogens with one attached hydrogen (secondary N) is 1. The average Bonchev–Trinajstić information content (AvgIpc) is 3.25. The number of hydrogen-bond acceptors (Lipinski definition) is 5. The van der Waals surface area contributed by atoms with E-state index in [0.717, 1.165) is 0 Å². The molecule has 162 valence electrons. The number of hydrogen-bond donors (Lipinski definition) is 1. The number of benzene rings is 2. The van der Waals surface area contributed by atoms with E-state index in [1.807, 2.05) is 19.9 Å². The van der Waals surface area contributed by atoms with E-state index in [4.69, 9.17) is 4.74 Å². The lowest BCUT2D eigenvalue weighted by Gasteiger charge is -2.12. The van der Waals surface area contributed by atoms with Crippen LogP contribution in [0.1, 0.15) is 30.2 Å². The number of nitrogens with zero attached hydrogens (tertiary/aromatic N) is 3. The molecule has 2 heterocycles. The van der Waals surface area contributed by atoms with E-state index in [1.165, 1.54) is 12.1 Å². The number of amides is 1. The van der Waals surface area contributed by atoms with E-state index in [2.05, 4.69) is 15.4 Å². The van der Waals surface area contributed by atoms with Gasteiger partial charge in [0.25, 0.3) is 5.91 Å². The molecule has 1 N–H and O–H groups in total. The van der Waals surface area contributed by atoms with E-state index in [0.29, 0.717) is 28.0 Å². The Morgan fingerprint density at radius 2 is 1.84 bits per heavy atom. The van der Waals surface area contributed by atoms with E-state index >= 15 is 0 Å². The molecule has 1 amide bonds. The van der Waals surface area contributed by atoms with E-state index in [9.17, 15) is 14.0 Å². The highest BCUT2D eigenvalue weighted by molar-refractivity contribution is 6.05. The van der Waals surface area contributed by atoms with Crippen LogP contribution in [0.4, 0.5) is 10.2 Å². The fraction of sp³-hybridized carbons (Fsp3) is 0.167. The molecule has 7 nitrogen and oxygen atoms in total. The Morgan fingerprint density at radius 3 is 2.59 bits per heavy atom. The van der Waals surface area contributed by atoms with Crippen LogP contribution in [0.25, 0.3) is 22.2 Å². The molecule has 0 bridgehead atoms. The van der Waals surface area contributed by atoms with Gasteiger partial charge in [-0.1, -0.05) is 18.2 Å². The summed E-state index contributed by atoms with van der Waals surface area (Å²) in [7, 11) is 0. The molecule has 0 radical (unpaired) electrons. The number of anilines is 1. The second-order valence-corrected chi connectivity index (χ2v) is 7.46. The van der Waals surface area contributed by atoms with E-state index in [1.54, 1.807) is 53.3 Å². The number of halogens is 1. The maximum Gasteiger partial charge on any atom is 0.339 e. The molecule has 0 spiro atoms. The van der Waals surface area contributed by atoms with Crippen molar-refractivity contribution in [3.63, 3.8) is 0 Å². The van der Waals surface area contributed by atoms with Crippen LogP contribution < -0.4 is 5.32 Å². The van der Waals surface area contributed by atoms with Gasteiger partial charge < -0.3 is 10.1 Å². The van der Waals surface area contributed by atoms with Crippen molar-refractivity contribution in [3.05, 3.63) is 78.2 Å². The summed E-state index contributed by atoms with van der Waals surface area (Å²) in [6.07, 6.45) is 1.59. The highest BCUT2D eigenvalue weighted by Crippen LogP contribution is 2.25. The summed E-state index contributed by atoms with van der Waals surface area (Å²) in [6.45, 7) is 3.43. The molecule has 0 saturated carbocycles. The third-order valence-corrected chi connectivity index (χ3v) is 4.84. The predicted octanol–water partition coefficient (Wildman–Crippen LogP) is 4.61. The maximum atomic E-state index is 13.3. The largest absolute Gasteiger partial charge is 0.452 e. The molecule has 4 aromatic rings. The molecule has 2 aromatic carbocycles. The van der Waals surface area contributed by atoms with Gasteiger partial charge in [-0.3, -0.25) is 4.79 Å². The fourth-order valence-corrected chi connectivity index (χ4v) is 3.33. The molecule has 0 aliphatic heterocycles. The molecule has 0 aliphatic carbocycles. The maximum absolute atomic E-state index is 13.3. The zero-order valence-corrected chi connectivity index (χ0v) is 17.6.